The maximum atomic E-state index is 13.2. The van der Waals surface area contributed by atoms with Gasteiger partial charge in [-0.3, -0.25) is 4.99 Å². The molecular weight excluding hydrogens is 440 g/mol. The average Bonchev–Trinajstić information content (AvgIpc) is 2.95. The van der Waals surface area contributed by atoms with Crippen LogP contribution >= 0.6 is 0 Å². The van der Waals surface area contributed by atoms with Crippen LogP contribution in [0.3, 0.4) is 0 Å². The Kier molecular flexibility index (Phi) is 7.15. The largest absolute Gasteiger partial charge is 0.462 e. The van der Waals surface area contributed by atoms with Gasteiger partial charge in [0, 0.05) is 37.6 Å². The summed E-state index contributed by atoms with van der Waals surface area (Å²) in [4.78, 5) is 22.3. The summed E-state index contributed by atoms with van der Waals surface area (Å²) in [6.45, 7) is 6.89. The van der Waals surface area contributed by atoms with Gasteiger partial charge in [-0.1, -0.05) is 37.6 Å². The molecule has 2 aromatic carbocycles. The number of allylic oxidation sites excluding steroid dienone is 1. The van der Waals surface area contributed by atoms with E-state index < -0.39 is 11.9 Å². The molecule has 35 heavy (non-hydrogen) atoms. The lowest BCUT2D eigenvalue weighted by molar-refractivity contribution is -0.139. The molecule has 1 atom stereocenters. The van der Waals surface area contributed by atoms with E-state index in [-0.39, 0.29) is 12.5 Å². The van der Waals surface area contributed by atoms with Crippen LogP contribution in [0.1, 0.15) is 45.1 Å². The Morgan fingerprint density at radius 3 is 2.51 bits per heavy atom. The lowest BCUT2D eigenvalue weighted by Crippen LogP contribution is -2.35. The van der Waals surface area contributed by atoms with Crippen molar-refractivity contribution in [2.75, 3.05) is 37.0 Å². The van der Waals surface area contributed by atoms with E-state index in [9.17, 15) is 4.79 Å². The van der Waals surface area contributed by atoms with Crippen molar-refractivity contribution in [2.45, 2.75) is 39.5 Å². The van der Waals surface area contributed by atoms with E-state index in [1.165, 1.54) is 0 Å². The summed E-state index contributed by atoms with van der Waals surface area (Å²) in [6.07, 6.45) is 1.99. The van der Waals surface area contributed by atoms with Crippen molar-refractivity contribution in [3.63, 3.8) is 0 Å². The molecule has 0 bridgehead atoms. The zero-order chi connectivity index (χ0) is 25.1. The van der Waals surface area contributed by atoms with E-state index >= 15 is 0 Å². The molecule has 4 rings (SSSR count). The highest BCUT2D eigenvalue weighted by Crippen LogP contribution is 2.46. The predicted molar refractivity (Wildman–Crippen MR) is 141 cm³/mol. The fourth-order valence-electron chi connectivity index (χ4n) is 4.59. The summed E-state index contributed by atoms with van der Waals surface area (Å²) < 4.78 is 11.7. The fraction of sp³-hybridized carbons (Fsp3) is 0.357. The SMILES string of the molecule is CCCCN1C2=C(C(C)=Nc3ccccc31)C(c1ccc(N(C)C)cc1)C(C(=O)OCC)=C(N)O2. The highest BCUT2D eigenvalue weighted by Gasteiger charge is 2.41. The van der Waals surface area contributed by atoms with Gasteiger partial charge in [-0.2, -0.15) is 0 Å². The molecule has 1 unspecified atom stereocenters. The van der Waals surface area contributed by atoms with Crippen LogP contribution in [0, 0.1) is 0 Å². The first kappa shape index (κ1) is 24.4. The number of carbonyl (C=O) groups is 1. The number of benzene rings is 2. The third kappa shape index (κ3) is 4.63. The minimum Gasteiger partial charge on any atom is -0.462 e. The van der Waals surface area contributed by atoms with Gasteiger partial charge in [-0.25, -0.2) is 4.79 Å². The molecule has 2 aromatic rings. The van der Waals surface area contributed by atoms with E-state index in [4.69, 9.17) is 20.2 Å². The van der Waals surface area contributed by atoms with Crippen molar-refractivity contribution in [1.82, 2.24) is 0 Å². The average molecular weight is 475 g/mol. The number of nitrogens with zero attached hydrogens (tertiary/aromatic N) is 3. The summed E-state index contributed by atoms with van der Waals surface area (Å²) >= 11 is 0. The number of nitrogens with two attached hydrogens (primary N) is 1. The fourth-order valence-corrected chi connectivity index (χ4v) is 4.59. The zero-order valence-corrected chi connectivity index (χ0v) is 21.2. The molecule has 7 nitrogen and oxygen atoms in total. The first-order valence-corrected chi connectivity index (χ1v) is 12.2. The van der Waals surface area contributed by atoms with Crippen LogP contribution in [-0.4, -0.2) is 38.9 Å². The highest BCUT2D eigenvalue weighted by molar-refractivity contribution is 6.07. The van der Waals surface area contributed by atoms with Crippen molar-refractivity contribution < 1.29 is 14.3 Å². The Labute approximate surface area is 207 Å². The number of fused-ring (bicyclic) bond motifs is 1. The monoisotopic (exact) mass is 474 g/mol. The molecule has 2 aliphatic heterocycles. The van der Waals surface area contributed by atoms with Crippen LogP contribution in [0.25, 0.3) is 0 Å². The van der Waals surface area contributed by atoms with E-state index in [0.29, 0.717) is 11.5 Å². The number of carbonyl (C=O) groups excluding carboxylic acids is 1. The van der Waals surface area contributed by atoms with E-state index in [2.05, 4.69) is 11.8 Å². The molecule has 7 heteroatoms. The molecule has 0 aromatic heterocycles. The maximum absolute atomic E-state index is 13.2. The quantitative estimate of drug-likeness (QED) is 0.554. The first-order chi connectivity index (χ1) is 16.9. The summed E-state index contributed by atoms with van der Waals surface area (Å²) in [5, 5.41) is 0. The molecular formula is C28H34N4O3. The number of hydrogen-bond donors (Lipinski definition) is 1. The summed E-state index contributed by atoms with van der Waals surface area (Å²) in [7, 11) is 3.99. The van der Waals surface area contributed by atoms with E-state index in [0.717, 1.165) is 53.3 Å². The number of aliphatic imine (C=N–C) groups is 1. The molecule has 0 saturated carbocycles. The number of unbranched alkanes of at least 4 members (excludes halogenated alkanes) is 1. The molecule has 0 aliphatic carbocycles. The third-order valence-electron chi connectivity index (χ3n) is 6.35. The summed E-state index contributed by atoms with van der Waals surface area (Å²) in [5.41, 5.74) is 12.2. The van der Waals surface area contributed by atoms with Gasteiger partial charge in [0.25, 0.3) is 0 Å². The lowest BCUT2D eigenvalue weighted by atomic mass is 9.81. The van der Waals surface area contributed by atoms with Gasteiger partial charge in [0.1, 0.15) is 5.57 Å². The van der Waals surface area contributed by atoms with Crippen LogP contribution < -0.4 is 15.5 Å². The predicted octanol–water partition coefficient (Wildman–Crippen LogP) is 5.22. The molecule has 0 spiro atoms. The smallest absolute Gasteiger partial charge is 0.340 e. The van der Waals surface area contributed by atoms with Crippen molar-refractivity contribution >= 4 is 28.7 Å². The molecule has 0 amide bonds. The van der Waals surface area contributed by atoms with Crippen LogP contribution in [0.2, 0.25) is 0 Å². The normalized spacial score (nSPS) is 17.2. The van der Waals surface area contributed by atoms with Gasteiger partial charge < -0.3 is 25.0 Å². The van der Waals surface area contributed by atoms with Crippen LogP contribution in [0.15, 0.2) is 76.4 Å². The molecule has 2 aliphatic rings. The molecule has 0 fully saturated rings. The van der Waals surface area contributed by atoms with Gasteiger partial charge in [-0.15, -0.1) is 0 Å². The second-order valence-corrected chi connectivity index (χ2v) is 8.93. The number of ether oxygens (including phenoxy) is 2. The first-order valence-electron chi connectivity index (χ1n) is 12.2. The van der Waals surface area contributed by atoms with Gasteiger partial charge in [0.15, 0.2) is 0 Å². The number of hydrogen-bond acceptors (Lipinski definition) is 7. The lowest BCUT2D eigenvalue weighted by Gasteiger charge is -2.35. The second-order valence-electron chi connectivity index (χ2n) is 8.93. The standard InChI is InChI=1S/C28H34N4O3/c1-6-8-17-32-22-12-10-9-11-21(22)30-18(3)23-24(19-13-15-20(16-14-19)31(4)5)25(28(33)34-7-2)26(29)35-27(23)32/h9-16,24H,6-8,17,29H2,1-5H3. The van der Waals surface area contributed by atoms with Gasteiger partial charge in [0.05, 0.1) is 23.9 Å². The van der Waals surface area contributed by atoms with Gasteiger partial charge in [0.2, 0.25) is 11.8 Å². The Morgan fingerprint density at radius 1 is 1.14 bits per heavy atom. The van der Waals surface area contributed by atoms with Crippen molar-refractivity contribution in [3.8, 4) is 0 Å². The van der Waals surface area contributed by atoms with Gasteiger partial charge >= 0.3 is 5.97 Å². The minimum absolute atomic E-state index is 0.0672. The van der Waals surface area contributed by atoms with Crippen molar-refractivity contribution in [3.05, 3.63) is 77.0 Å². The van der Waals surface area contributed by atoms with Crippen LogP contribution in [-0.2, 0) is 14.3 Å². The van der Waals surface area contributed by atoms with Crippen molar-refractivity contribution in [2.24, 2.45) is 10.7 Å². The number of para-hydroxylation sites is 2. The van der Waals surface area contributed by atoms with E-state index in [1.54, 1.807) is 6.92 Å². The number of esters is 1. The van der Waals surface area contributed by atoms with Crippen LogP contribution in [0.4, 0.5) is 17.1 Å². The topological polar surface area (TPSA) is 80.4 Å². The molecule has 2 N–H and O–H groups in total. The Morgan fingerprint density at radius 2 is 1.86 bits per heavy atom. The highest BCUT2D eigenvalue weighted by atomic mass is 16.5. The molecule has 0 saturated heterocycles. The van der Waals surface area contributed by atoms with E-state index in [1.807, 2.05) is 74.4 Å². The zero-order valence-electron chi connectivity index (χ0n) is 21.2. The molecule has 2 heterocycles. The number of rotatable bonds is 7. The Balaban J connectivity index is 1.95. The Hall–Kier alpha value is -3.74. The summed E-state index contributed by atoms with van der Waals surface area (Å²) in [5.74, 6) is -0.265. The third-order valence-corrected chi connectivity index (χ3v) is 6.35. The molecule has 184 valence electrons. The van der Waals surface area contributed by atoms with Crippen molar-refractivity contribution in [1.29, 1.82) is 0 Å². The second kappa shape index (κ2) is 10.3. The summed E-state index contributed by atoms with van der Waals surface area (Å²) in [6, 6.07) is 16.2. The van der Waals surface area contributed by atoms with Gasteiger partial charge in [-0.05, 0) is 50.1 Å². The maximum Gasteiger partial charge on any atom is 0.340 e. The Bertz CT molecular complexity index is 1190. The number of anilines is 2. The molecule has 0 radical (unpaired) electrons. The van der Waals surface area contributed by atoms with Crippen LogP contribution in [0.5, 0.6) is 0 Å². The minimum atomic E-state index is -0.479.